The number of nitrogens with zero attached hydrogens (tertiary/aromatic N) is 1. The lowest BCUT2D eigenvalue weighted by atomic mass is 9.82. The van der Waals surface area contributed by atoms with Crippen LogP contribution in [-0.4, -0.2) is 18.1 Å². The van der Waals surface area contributed by atoms with Crippen LogP contribution in [-0.2, 0) is 18.4 Å². The Hall–Kier alpha value is -3.00. The number of halogens is 1. The lowest BCUT2D eigenvalue weighted by molar-refractivity contribution is -0.134. The molecule has 0 spiro atoms. The molecule has 0 fully saturated rings. The Kier molecular flexibility index (Phi) is 7.80. The number of carbonyl (C=O) groups excluding carboxylic acids is 1. The smallest absolute Gasteiger partial charge is 0.369 e. The number of benzene rings is 2. The molecule has 0 aliphatic heterocycles. The highest BCUT2D eigenvalue weighted by molar-refractivity contribution is 7.34. The summed E-state index contributed by atoms with van der Waals surface area (Å²) in [5.41, 5.74) is 4.08. The third kappa shape index (κ3) is 5.24. The number of hydrogen-bond acceptors (Lipinski definition) is 5. The molecule has 0 radical (unpaired) electrons. The minimum atomic E-state index is -2.85. The lowest BCUT2D eigenvalue weighted by Gasteiger charge is -2.23. The summed E-state index contributed by atoms with van der Waals surface area (Å²) in [5, 5.41) is 0.982. The zero-order valence-corrected chi connectivity index (χ0v) is 19.2. The Bertz CT molecular complexity index is 1190. The number of para-hydroxylation sites is 1. The highest BCUT2D eigenvalue weighted by atomic mass is 31.1. The van der Waals surface area contributed by atoms with E-state index in [1.54, 1.807) is 12.1 Å². The average Bonchev–Trinajstić information content (AvgIpc) is 2.79. The van der Waals surface area contributed by atoms with Crippen molar-refractivity contribution < 1.29 is 22.8 Å². The number of carbonyl (C=O) groups is 1. The van der Waals surface area contributed by atoms with E-state index >= 15 is 0 Å². The van der Waals surface area contributed by atoms with Crippen molar-refractivity contribution in [3.8, 4) is 23.6 Å². The predicted molar refractivity (Wildman–Crippen MR) is 124 cm³/mol. The van der Waals surface area contributed by atoms with Gasteiger partial charge < -0.3 is 9.05 Å². The SMILES string of the molecule is C#CC(CCC(=O)O[PH](=O)OC)c1c(-c2ccc(F)cc2)nc2ccccc2c1C(C)C. The van der Waals surface area contributed by atoms with Crippen molar-refractivity contribution in [1.82, 2.24) is 4.98 Å². The zero-order chi connectivity index (χ0) is 23.3. The summed E-state index contributed by atoms with van der Waals surface area (Å²) in [6.45, 7) is 4.15. The fourth-order valence-electron chi connectivity index (χ4n) is 3.81. The maximum atomic E-state index is 13.6. The van der Waals surface area contributed by atoms with Crippen molar-refractivity contribution in [3.63, 3.8) is 0 Å². The minimum Gasteiger partial charge on any atom is -0.394 e. The van der Waals surface area contributed by atoms with Gasteiger partial charge in [-0.05, 0) is 53.8 Å². The van der Waals surface area contributed by atoms with Crippen molar-refractivity contribution >= 4 is 25.1 Å². The van der Waals surface area contributed by atoms with Crippen LogP contribution >= 0.6 is 8.25 Å². The van der Waals surface area contributed by atoms with E-state index in [0.29, 0.717) is 5.69 Å². The number of hydrogen-bond donors (Lipinski definition) is 0. The third-order valence-corrected chi connectivity index (χ3v) is 5.95. The van der Waals surface area contributed by atoms with Crippen LogP contribution in [0.5, 0.6) is 0 Å². The van der Waals surface area contributed by atoms with E-state index in [2.05, 4.69) is 24.3 Å². The lowest BCUT2D eigenvalue weighted by Crippen LogP contribution is -2.10. The molecule has 2 unspecified atom stereocenters. The van der Waals surface area contributed by atoms with E-state index < -0.39 is 20.1 Å². The molecule has 3 aromatic rings. The highest BCUT2D eigenvalue weighted by Crippen LogP contribution is 2.40. The zero-order valence-electron chi connectivity index (χ0n) is 18.2. The molecule has 2 atom stereocenters. The van der Waals surface area contributed by atoms with Crippen LogP contribution in [0.3, 0.4) is 0 Å². The van der Waals surface area contributed by atoms with E-state index in [0.717, 1.165) is 27.6 Å². The molecule has 5 nitrogen and oxygen atoms in total. The van der Waals surface area contributed by atoms with Gasteiger partial charge in [0.15, 0.2) is 0 Å². The molecule has 0 amide bonds. The van der Waals surface area contributed by atoms with Crippen LogP contribution in [0, 0.1) is 18.2 Å². The normalized spacial score (nSPS) is 13.0. The second kappa shape index (κ2) is 10.5. The van der Waals surface area contributed by atoms with Crippen molar-refractivity contribution in [2.45, 2.75) is 38.5 Å². The molecule has 1 heterocycles. The van der Waals surface area contributed by atoms with Crippen molar-refractivity contribution in [2.24, 2.45) is 0 Å². The Morgan fingerprint density at radius 1 is 1.16 bits per heavy atom. The molecule has 2 aromatic carbocycles. The van der Waals surface area contributed by atoms with Gasteiger partial charge in [0, 0.05) is 30.4 Å². The Morgan fingerprint density at radius 3 is 2.47 bits per heavy atom. The summed E-state index contributed by atoms with van der Waals surface area (Å²) in [7, 11) is -1.64. The molecule has 0 saturated heterocycles. The van der Waals surface area contributed by atoms with Gasteiger partial charge in [-0.3, -0.25) is 4.79 Å². The van der Waals surface area contributed by atoms with Gasteiger partial charge >= 0.3 is 14.2 Å². The van der Waals surface area contributed by atoms with Crippen molar-refractivity contribution in [2.75, 3.05) is 7.11 Å². The number of fused-ring (bicyclic) bond motifs is 1. The summed E-state index contributed by atoms with van der Waals surface area (Å²) >= 11 is 0. The Morgan fingerprint density at radius 2 is 1.84 bits per heavy atom. The first kappa shape index (κ1) is 23.7. The number of rotatable bonds is 8. The fraction of sp³-hybridized carbons (Fsp3) is 0.280. The van der Waals surface area contributed by atoms with Gasteiger partial charge in [0.25, 0.3) is 0 Å². The van der Waals surface area contributed by atoms with Crippen LogP contribution < -0.4 is 0 Å². The van der Waals surface area contributed by atoms with E-state index in [9.17, 15) is 13.8 Å². The molecular weight excluding hydrogens is 428 g/mol. The first-order valence-corrected chi connectivity index (χ1v) is 11.5. The number of terminal acetylenes is 1. The molecule has 32 heavy (non-hydrogen) atoms. The standard InChI is InChI=1S/C25H25FNO4P/c1-5-17(12-15-22(28)31-32(29)30-4)24-23(16(2)3)20-8-6-7-9-21(20)27-25(24)18-10-13-19(26)14-11-18/h1,6-11,13-14,16-17,32H,12,15H2,2-4H3. The summed E-state index contributed by atoms with van der Waals surface area (Å²) in [6, 6.07) is 13.9. The monoisotopic (exact) mass is 453 g/mol. The van der Waals surface area contributed by atoms with Gasteiger partial charge in [0.05, 0.1) is 11.2 Å². The summed E-state index contributed by atoms with van der Waals surface area (Å²) in [4.78, 5) is 17.0. The van der Waals surface area contributed by atoms with Crippen LogP contribution in [0.2, 0.25) is 0 Å². The Labute approximate surface area is 187 Å². The summed E-state index contributed by atoms with van der Waals surface area (Å²) in [5.74, 6) is 1.48. The molecule has 7 heteroatoms. The molecule has 0 aliphatic rings. The summed E-state index contributed by atoms with van der Waals surface area (Å²) < 4.78 is 34.3. The van der Waals surface area contributed by atoms with Gasteiger partial charge in [-0.25, -0.2) is 13.9 Å². The van der Waals surface area contributed by atoms with Crippen LogP contribution in [0.1, 0.15) is 49.7 Å². The molecule has 1 aromatic heterocycles. The van der Waals surface area contributed by atoms with E-state index in [1.807, 2.05) is 24.3 Å². The van der Waals surface area contributed by atoms with E-state index in [-0.39, 0.29) is 24.6 Å². The maximum absolute atomic E-state index is 13.6. The molecule has 0 N–H and O–H groups in total. The van der Waals surface area contributed by atoms with Crippen molar-refractivity contribution in [1.29, 1.82) is 0 Å². The van der Waals surface area contributed by atoms with Crippen molar-refractivity contribution in [3.05, 3.63) is 65.5 Å². The molecule has 0 saturated carbocycles. The highest BCUT2D eigenvalue weighted by Gasteiger charge is 2.25. The van der Waals surface area contributed by atoms with E-state index in [4.69, 9.17) is 15.9 Å². The van der Waals surface area contributed by atoms with E-state index in [1.165, 1.54) is 19.2 Å². The van der Waals surface area contributed by atoms with Gasteiger partial charge in [-0.2, -0.15) is 0 Å². The molecule has 166 valence electrons. The average molecular weight is 453 g/mol. The largest absolute Gasteiger partial charge is 0.394 e. The van der Waals surface area contributed by atoms with Gasteiger partial charge in [-0.1, -0.05) is 38.0 Å². The molecule has 0 bridgehead atoms. The topological polar surface area (TPSA) is 65.5 Å². The second-order valence-corrected chi connectivity index (χ2v) is 8.76. The second-order valence-electron chi connectivity index (χ2n) is 7.65. The van der Waals surface area contributed by atoms with Crippen LogP contribution in [0.25, 0.3) is 22.2 Å². The van der Waals surface area contributed by atoms with Crippen LogP contribution in [0.4, 0.5) is 4.39 Å². The minimum absolute atomic E-state index is 0.0259. The molecule has 0 aliphatic carbocycles. The van der Waals surface area contributed by atoms with Gasteiger partial charge in [-0.15, -0.1) is 6.42 Å². The molecular formula is C25H25FNO4P. The number of aromatic nitrogens is 1. The molecule has 3 rings (SSSR count). The first-order valence-electron chi connectivity index (χ1n) is 10.3. The number of pyridine rings is 1. The first-order chi connectivity index (χ1) is 15.3. The quantitative estimate of drug-likeness (QED) is 0.298. The third-order valence-electron chi connectivity index (χ3n) is 5.22. The van der Waals surface area contributed by atoms with Gasteiger partial charge in [0.1, 0.15) is 5.82 Å². The fourth-order valence-corrected chi connectivity index (χ4v) is 4.18. The summed E-state index contributed by atoms with van der Waals surface area (Å²) in [6.07, 6.45) is 6.19. The van der Waals surface area contributed by atoms with Gasteiger partial charge in [0.2, 0.25) is 0 Å². The maximum Gasteiger partial charge on any atom is 0.369 e. The Balaban J connectivity index is 2.15. The predicted octanol–water partition coefficient (Wildman–Crippen LogP) is 6.24. The van der Waals surface area contributed by atoms with Crippen LogP contribution in [0.15, 0.2) is 48.5 Å².